The molecule has 1 aliphatic heterocycles. The van der Waals surface area contributed by atoms with E-state index in [1.54, 1.807) is 0 Å². The largest absolute Gasteiger partial charge is 0.454 e. The van der Waals surface area contributed by atoms with Gasteiger partial charge in [-0.05, 0) is 13.0 Å². The van der Waals surface area contributed by atoms with Crippen LogP contribution in [-0.4, -0.2) is 39.8 Å². The van der Waals surface area contributed by atoms with Gasteiger partial charge in [-0.25, -0.2) is 5.43 Å². The molecule has 1 amide bonds. The van der Waals surface area contributed by atoms with Gasteiger partial charge in [0.05, 0.1) is 28.5 Å². The number of hydrogen-bond acceptors (Lipinski definition) is 10. The van der Waals surface area contributed by atoms with Gasteiger partial charge in [-0.1, -0.05) is 23.1 Å². The molecule has 0 bridgehead atoms. The summed E-state index contributed by atoms with van der Waals surface area (Å²) in [5.74, 6) is 0.435. The Morgan fingerprint density at radius 2 is 2.24 bits per heavy atom. The van der Waals surface area contributed by atoms with Crippen molar-refractivity contribution in [3.8, 4) is 11.5 Å². The second-order valence-electron chi connectivity index (χ2n) is 4.69. The number of nitrogens with one attached hydrogen (secondary N) is 1. The third kappa shape index (κ3) is 4.22. The summed E-state index contributed by atoms with van der Waals surface area (Å²) in [5.41, 5.74) is 2.32. The number of thioether (sulfide) groups is 1. The lowest BCUT2D eigenvalue weighted by Crippen LogP contribution is -2.19. The molecule has 0 fully saturated rings. The summed E-state index contributed by atoms with van der Waals surface area (Å²) in [5, 5.41) is 23.4. The Morgan fingerprint density at radius 3 is 2.92 bits per heavy atom. The fourth-order valence-corrected chi connectivity index (χ4v) is 3.49. The molecule has 0 spiro atoms. The molecule has 0 unspecified atom stereocenters. The molecule has 1 N–H and O–H groups in total. The van der Waals surface area contributed by atoms with Crippen molar-refractivity contribution in [2.45, 2.75) is 11.3 Å². The van der Waals surface area contributed by atoms with E-state index in [4.69, 9.17) is 9.47 Å². The molecule has 0 radical (unpaired) electrons. The van der Waals surface area contributed by atoms with E-state index >= 15 is 0 Å². The molecule has 2 heterocycles. The minimum atomic E-state index is -0.557. The number of aromatic nitrogens is 2. The summed E-state index contributed by atoms with van der Waals surface area (Å²) >= 11 is 2.62. The van der Waals surface area contributed by atoms with Gasteiger partial charge < -0.3 is 9.47 Å². The first-order chi connectivity index (χ1) is 12.0. The zero-order chi connectivity index (χ0) is 17.8. The van der Waals surface area contributed by atoms with Crippen molar-refractivity contribution >= 4 is 40.9 Å². The molecule has 12 heteroatoms. The Labute approximate surface area is 149 Å². The molecule has 2 aromatic rings. The average Bonchev–Trinajstić information content (AvgIpc) is 3.20. The molecular weight excluding hydrogens is 370 g/mol. The molecule has 0 saturated carbocycles. The molecule has 1 aromatic heterocycles. The third-order valence-corrected chi connectivity index (χ3v) is 4.92. The second kappa shape index (κ2) is 7.44. The van der Waals surface area contributed by atoms with Crippen LogP contribution in [0.3, 0.4) is 0 Å². The number of hydrogen-bond donors (Lipinski definition) is 1. The number of nitro benzene ring substituents is 1. The van der Waals surface area contributed by atoms with Crippen molar-refractivity contribution < 1.29 is 19.2 Å². The first-order valence-corrected chi connectivity index (χ1v) is 8.66. The van der Waals surface area contributed by atoms with Crippen molar-refractivity contribution in [3.05, 3.63) is 32.8 Å². The summed E-state index contributed by atoms with van der Waals surface area (Å²) in [7, 11) is 0. The van der Waals surface area contributed by atoms with Gasteiger partial charge >= 0.3 is 0 Å². The number of nitrogens with zero attached hydrogens (tertiary/aromatic N) is 4. The maximum atomic E-state index is 11.8. The van der Waals surface area contributed by atoms with Crippen molar-refractivity contribution in [3.63, 3.8) is 0 Å². The van der Waals surface area contributed by atoms with E-state index in [0.29, 0.717) is 15.8 Å². The first-order valence-electron chi connectivity index (χ1n) is 6.86. The van der Waals surface area contributed by atoms with E-state index in [1.165, 1.54) is 41.4 Å². The van der Waals surface area contributed by atoms with Crippen molar-refractivity contribution in [1.29, 1.82) is 0 Å². The molecule has 130 valence electrons. The molecule has 3 rings (SSSR count). The van der Waals surface area contributed by atoms with Crippen LogP contribution in [0.2, 0.25) is 0 Å². The van der Waals surface area contributed by atoms with Crippen LogP contribution in [0.15, 0.2) is 21.6 Å². The maximum Gasteiger partial charge on any atom is 0.282 e. The van der Waals surface area contributed by atoms with Crippen LogP contribution >= 0.6 is 23.1 Å². The first kappa shape index (κ1) is 17.1. The van der Waals surface area contributed by atoms with E-state index in [9.17, 15) is 14.9 Å². The number of amides is 1. The van der Waals surface area contributed by atoms with E-state index in [0.717, 1.165) is 5.01 Å². The zero-order valence-corrected chi connectivity index (χ0v) is 14.4. The predicted octanol–water partition coefficient (Wildman–Crippen LogP) is 1.73. The van der Waals surface area contributed by atoms with Crippen LogP contribution in [0.4, 0.5) is 5.69 Å². The smallest absolute Gasteiger partial charge is 0.282 e. The van der Waals surface area contributed by atoms with Crippen LogP contribution in [0.5, 0.6) is 11.5 Å². The van der Waals surface area contributed by atoms with Crippen LogP contribution < -0.4 is 14.9 Å². The minimum Gasteiger partial charge on any atom is -0.454 e. The SMILES string of the molecule is Cc1nnc(SCC(=O)N/N=C\c2cc3c(cc2[N+](=O)[O-])OCO3)s1. The van der Waals surface area contributed by atoms with Crippen molar-refractivity contribution in [2.24, 2.45) is 5.10 Å². The average molecular weight is 381 g/mol. The lowest BCUT2D eigenvalue weighted by molar-refractivity contribution is -0.385. The Kier molecular flexibility index (Phi) is 5.09. The standard InChI is InChI=1S/C13H11N5O5S2/c1-7-15-17-13(25-7)24-5-12(19)16-14-4-8-2-10-11(23-6-22-10)3-9(8)18(20)21/h2-4H,5-6H2,1H3,(H,16,19)/b14-4-. The van der Waals surface area contributed by atoms with E-state index in [1.807, 2.05) is 6.92 Å². The van der Waals surface area contributed by atoms with E-state index in [2.05, 4.69) is 20.7 Å². The number of fused-ring (bicyclic) bond motifs is 1. The number of ether oxygens (including phenoxy) is 2. The van der Waals surface area contributed by atoms with Gasteiger partial charge in [0.25, 0.3) is 11.6 Å². The number of hydrazone groups is 1. The monoisotopic (exact) mass is 381 g/mol. The van der Waals surface area contributed by atoms with Gasteiger partial charge in [0.2, 0.25) is 6.79 Å². The highest BCUT2D eigenvalue weighted by molar-refractivity contribution is 8.01. The highest BCUT2D eigenvalue weighted by Crippen LogP contribution is 2.37. The summed E-state index contributed by atoms with van der Waals surface area (Å²) < 4.78 is 11.0. The number of nitro groups is 1. The highest BCUT2D eigenvalue weighted by Gasteiger charge is 2.22. The Bertz CT molecular complexity index is 853. The predicted molar refractivity (Wildman–Crippen MR) is 90.3 cm³/mol. The molecule has 0 atom stereocenters. The third-order valence-electron chi connectivity index (χ3n) is 2.95. The number of carbonyl (C=O) groups excluding carboxylic acids is 1. The molecule has 1 aliphatic rings. The minimum absolute atomic E-state index is 0.00608. The van der Waals surface area contributed by atoms with E-state index in [-0.39, 0.29) is 29.7 Å². The lowest BCUT2D eigenvalue weighted by Gasteiger charge is -2.01. The molecule has 1 aromatic carbocycles. The van der Waals surface area contributed by atoms with Crippen LogP contribution in [0, 0.1) is 17.0 Å². The highest BCUT2D eigenvalue weighted by atomic mass is 32.2. The molecule has 0 saturated heterocycles. The quantitative estimate of drug-likeness (QED) is 0.347. The van der Waals surface area contributed by atoms with E-state index < -0.39 is 4.92 Å². The summed E-state index contributed by atoms with van der Waals surface area (Å²) in [6.07, 6.45) is 1.19. The molecule has 0 aliphatic carbocycles. The van der Waals surface area contributed by atoms with Crippen LogP contribution in [0.1, 0.15) is 10.6 Å². The topological polar surface area (TPSA) is 129 Å². The molecular formula is C13H11N5O5S2. The zero-order valence-electron chi connectivity index (χ0n) is 12.8. The Balaban J connectivity index is 1.61. The van der Waals surface area contributed by atoms with Gasteiger partial charge in [-0.2, -0.15) is 5.10 Å². The fourth-order valence-electron chi connectivity index (χ4n) is 1.88. The Morgan fingerprint density at radius 1 is 1.48 bits per heavy atom. The number of benzene rings is 1. The van der Waals surface area contributed by atoms with Crippen LogP contribution in [-0.2, 0) is 4.79 Å². The normalized spacial score (nSPS) is 12.5. The van der Waals surface area contributed by atoms with Crippen LogP contribution in [0.25, 0.3) is 0 Å². The Hall–Kier alpha value is -2.73. The second-order valence-corrected chi connectivity index (χ2v) is 7.09. The molecule has 25 heavy (non-hydrogen) atoms. The number of aryl methyl sites for hydroxylation is 1. The summed E-state index contributed by atoms with van der Waals surface area (Å²) in [6, 6.07) is 2.70. The number of rotatable bonds is 6. The lowest BCUT2D eigenvalue weighted by atomic mass is 10.1. The van der Waals surface area contributed by atoms with Crippen molar-refractivity contribution in [1.82, 2.24) is 15.6 Å². The summed E-state index contributed by atoms with van der Waals surface area (Å²) in [6.45, 7) is 1.83. The fraction of sp³-hybridized carbons (Fsp3) is 0.231. The van der Waals surface area contributed by atoms with Gasteiger partial charge in [-0.3, -0.25) is 14.9 Å². The summed E-state index contributed by atoms with van der Waals surface area (Å²) in [4.78, 5) is 22.3. The maximum absolute atomic E-state index is 11.8. The van der Waals surface area contributed by atoms with Crippen molar-refractivity contribution in [2.75, 3.05) is 12.5 Å². The van der Waals surface area contributed by atoms with Gasteiger partial charge in [-0.15, -0.1) is 10.2 Å². The van der Waals surface area contributed by atoms with Gasteiger partial charge in [0, 0.05) is 0 Å². The number of carbonyl (C=O) groups is 1. The molecule has 10 nitrogen and oxygen atoms in total. The van der Waals surface area contributed by atoms with Gasteiger partial charge in [0.1, 0.15) is 5.01 Å². The van der Waals surface area contributed by atoms with Gasteiger partial charge in [0.15, 0.2) is 15.8 Å².